The van der Waals surface area contributed by atoms with Crippen LogP contribution in [-0.4, -0.2) is 67.5 Å². The molecular weight excluding hydrogens is 711 g/mol. The molecule has 1 atom stereocenters. The van der Waals surface area contributed by atoms with Crippen LogP contribution in [0.15, 0.2) is 73.2 Å². The van der Waals surface area contributed by atoms with Crippen LogP contribution >= 0.6 is 11.6 Å². The van der Waals surface area contributed by atoms with Crippen LogP contribution in [0, 0.1) is 10.8 Å². The summed E-state index contributed by atoms with van der Waals surface area (Å²) in [6.07, 6.45) is -6.73. The monoisotopic (exact) mass is 746 g/mol. The lowest BCUT2D eigenvalue weighted by Gasteiger charge is -2.33. The Bertz CT molecular complexity index is 1890. The third-order valence-corrected chi connectivity index (χ3v) is 8.71. The molecule has 0 aliphatic heterocycles. The molecule has 0 saturated heterocycles. The van der Waals surface area contributed by atoms with Gasteiger partial charge in [0, 0.05) is 23.9 Å². The molecule has 0 radical (unpaired) electrons. The Kier molecular flexibility index (Phi) is 11.2. The van der Waals surface area contributed by atoms with E-state index in [4.69, 9.17) is 21.7 Å². The number of nitrogens with one attached hydrogen (secondary N) is 3. The average molecular weight is 747 g/mol. The molecule has 1 aliphatic rings. The van der Waals surface area contributed by atoms with Crippen LogP contribution in [0.4, 0.5) is 26.7 Å². The molecule has 5 rings (SSSR count). The van der Waals surface area contributed by atoms with Gasteiger partial charge in [-0.05, 0) is 66.6 Å². The number of rotatable bonds is 11. The van der Waals surface area contributed by atoms with Crippen LogP contribution in [0.2, 0.25) is 5.02 Å². The molecule has 0 spiro atoms. The molecule has 52 heavy (non-hydrogen) atoms. The number of alkyl carbamates (subject to hydrolysis) is 1. The van der Waals surface area contributed by atoms with Gasteiger partial charge >= 0.3 is 12.3 Å². The van der Waals surface area contributed by atoms with Crippen LogP contribution in [0.3, 0.4) is 0 Å². The van der Waals surface area contributed by atoms with Crippen molar-refractivity contribution in [1.82, 2.24) is 35.3 Å². The lowest BCUT2D eigenvalue weighted by atomic mass is 9.92. The molecule has 276 valence electrons. The van der Waals surface area contributed by atoms with Gasteiger partial charge in [-0.15, -0.1) is 0 Å². The summed E-state index contributed by atoms with van der Waals surface area (Å²) < 4.78 is 74.8. The van der Waals surface area contributed by atoms with Crippen molar-refractivity contribution in [2.24, 2.45) is 5.41 Å². The Morgan fingerprint density at radius 3 is 2.37 bits per heavy atom. The number of carbonyl (C=O) groups excluding carboxylic acids is 2. The summed E-state index contributed by atoms with van der Waals surface area (Å²) in [5, 5.41) is 17.7. The van der Waals surface area contributed by atoms with Gasteiger partial charge in [0.15, 0.2) is 11.8 Å². The van der Waals surface area contributed by atoms with Gasteiger partial charge in [0.2, 0.25) is 0 Å². The number of pyridine rings is 1. The summed E-state index contributed by atoms with van der Waals surface area (Å²) >= 11 is 6.42. The van der Waals surface area contributed by atoms with Crippen molar-refractivity contribution in [3.05, 3.63) is 95.2 Å². The quantitative estimate of drug-likeness (QED) is 0.0807. The number of benzene rings is 2. The lowest BCUT2D eigenvalue weighted by molar-refractivity contribution is -0.164. The highest BCUT2D eigenvalue weighted by atomic mass is 35.5. The number of nitrogens with zero attached hydrogens (tertiary/aromatic N) is 5. The van der Waals surface area contributed by atoms with Crippen molar-refractivity contribution in [1.29, 1.82) is 5.41 Å². The number of carbonyl (C=O) groups is 2. The van der Waals surface area contributed by atoms with E-state index in [0.717, 1.165) is 15.9 Å². The first-order chi connectivity index (χ1) is 24.5. The van der Waals surface area contributed by atoms with Crippen molar-refractivity contribution in [3.8, 4) is 16.9 Å². The van der Waals surface area contributed by atoms with E-state index in [2.05, 4.69) is 20.4 Å². The number of hydrogen-bond acceptors (Lipinski definition) is 7. The Labute approximate surface area is 301 Å². The van der Waals surface area contributed by atoms with Crippen molar-refractivity contribution in [2.75, 3.05) is 13.2 Å². The van der Waals surface area contributed by atoms with Gasteiger partial charge in [-0.3, -0.25) is 20.1 Å². The molecule has 1 aliphatic carbocycles. The Hall–Kier alpha value is -5.12. The predicted octanol–water partition coefficient (Wildman–Crippen LogP) is 7.89. The molecule has 17 heteroatoms. The molecule has 3 N–H and O–H groups in total. The highest BCUT2D eigenvalue weighted by Gasteiger charge is 2.64. The van der Waals surface area contributed by atoms with Crippen molar-refractivity contribution >= 4 is 29.6 Å². The number of ether oxygens (including phenoxy) is 1. The zero-order valence-electron chi connectivity index (χ0n) is 28.3. The molecule has 2 heterocycles. The SMILES string of the molecule is CC(C)(C)CCNC(=N)N(C(=O)c1ccc(-c2ccccn2)cc1)[C@H](COC(=O)NC1(C(F)(F)F)CC1)c1ccc(Cl)c(-n2ncnc2C(F)F)c1. The second-order valence-corrected chi connectivity index (χ2v) is 13.8. The van der Waals surface area contributed by atoms with Crippen molar-refractivity contribution < 1.29 is 36.3 Å². The van der Waals surface area contributed by atoms with Gasteiger partial charge < -0.3 is 15.4 Å². The molecule has 2 aromatic heterocycles. The second kappa shape index (κ2) is 15.2. The van der Waals surface area contributed by atoms with Crippen LogP contribution < -0.4 is 10.6 Å². The molecule has 11 nitrogen and oxygen atoms in total. The molecule has 2 amide bonds. The van der Waals surface area contributed by atoms with E-state index in [1.165, 1.54) is 30.3 Å². The largest absolute Gasteiger partial charge is 0.447 e. The summed E-state index contributed by atoms with van der Waals surface area (Å²) in [7, 11) is 0. The fourth-order valence-electron chi connectivity index (χ4n) is 5.29. The Balaban J connectivity index is 1.56. The number of aromatic nitrogens is 4. The first-order valence-corrected chi connectivity index (χ1v) is 16.5. The maximum Gasteiger partial charge on any atom is 0.411 e. The third kappa shape index (κ3) is 8.84. The predicted molar refractivity (Wildman–Crippen MR) is 182 cm³/mol. The van der Waals surface area contributed by atoms with Gasteiger partial charge in [-0.25, -0.2) is 23.2 Å². The highest BCUT2D eigenvalue weighted by molar-refractivity contribution is 6.32. The molecule has 2 aromatic carbocycles. The maximum absolute atomic E-state index is 14.4. The normalized spacial score (nSPS) is 14.4. The van der Waals surface area contributed by atoms with E-state index < -0.39 is 54.6 Å². The van der Waals surface area contributed by atoms with E-state index in [-0.39, 0.29) is 46.6 Å². The van der Waals surface area contributed by atoms with Crippen molar-refractivity contribution in [2.45, 2.75) is 64.2 Å². The van der Waals surface area contributed by atoms with Gasteiger partial charge in [0.05, 0.1) is 22.4 Å². The lowest BCUT2D eigenvalue weighted by Crippen LogP contribution is -2.50. The fraction of sp³-hybridized carbons (Fsp3) is 0.371. The molecule has 1 saturated carbocycles. The Morgan fingerprint density at radius 1 is 1.06 bits per heavy atom. The third-order valence-electron chi connectivity index (χ3n) is 8.39. The molecular formula is C35H36ClF5N8O3. The fourth-order valence-corrected chi connectivity index (χ4v) is 5.49. The summed E-state index contributed by atoms with van der Waals surface area (Å²) in [6, 6.07) is 14.4. The topological polar surface area (TPSA) is 138 Å². The minimum atomic E-state index is -4.72. The number of hydrogen-bond donors (Lipinski definition) is 3. The molecule has 0 unspecified atom stereocenters. The smallest absolute Gasteiger partial charge is 0.411 e. The van der Waals surface area contributed by atoms with E-state index in [1.54, 1.807) is 36.5 Å². The number of amides is 2. The Morgan fingerprint density at radius 2 is 1.77 bits per heavy atom. The van der Waals surface area contributed by atoms with Gasteiger partial charge in [0.25, 0.3) is 12.3 Å². The maximum atomic E-state index is 14.4. The standard InChI is InChI=1S/C35H36ClF5N8O3/c1-33(2,3)15-17-44-31(42)48(30(50)22-9-7-21(8-10-22)25-6-4-5-16-43-25)27(19-52-32(51)47-34(13-14-34)35(39,40)41)23-11-12-24(36)26(18-23)49-29(28(37)38)45-20-46-49/h4-12,16,18,20,27-28H,13-15,17,19H2,1-3H3,(H2,42,44)(H,47,51)/t27-/m1/s1. The van der Waals surface area contributed by atoms with E-state index in [1.807, 2.05) is 26.1 Å². The number of alkyl halides is 5. The average Bonchev–Trinajstić information content (AvgIpc) is 3.72. The number of guanidine groups is 1. The zero-order valence-corrected chi connectivity index (χ0v) is 29.1. The van der Waals surface area contributed by atoms with Gasteiger partial charge in [-0.2, -0.15) is 18.3 Å². The summed E-state index contributed by atoms with van der Waals surface area (Å²) in [6.45, 7) is 5.46. The molecule has 1 fully saturated rings. The summed E-state index contributed by atoms with van der Waals surface area (Å²) in [5.74, 6) is -1.89. The number of halogens is 6. The second-order valence-electron chi connectivity index (χ2n) is 13.4. The highest BCUT2D eigenvalue weighted by Crippen LogP contribution is 2.49. The van der Waals surface area contributed by atoms with Gasteiger partial charge in [-0.1, -0.05) is 56.6 Å². The van der Waals surface area contributed by atoms with E-state index in [9.17, 15) is 31.5 Å². The van der Waals surface area contributed by atoms with E-state index >= 15 is 0 Å². The first-order valence-electron chi connectivity index (χ1n) is 16.2. The molecule has 0 bridgehead atoms. The van der Waals surface area contributed by atoms with Crippen LogP contribution in [0.1, 0.15) is 74.2 Å². The van der Waals surface area contributed by atoms with Crippen LogP contribution in [-0.2, 0) is 4.74 Å². The summed E-state index contributed by atoms with van der Waals surface area (Å²) in [5.41, 5.74) is -1.09. The minimum Gasteiger partial charge on any atom is -0.447 e. The minimum absolute atomic E-state index is 0.0317. The molecule has 4 aromatic rings. The van der Waals surface area contributed by atoms with Crippen molar-refractivity contribution in [3.63, 3.8) is 0 Å². The zero-order chi connectivity index (χ0) is 37.8. The van der Waals surface area contributed by atoms with Crippen LogP contribution in [0.5, 0.6) is 0 Å². The first kappa shape index (κ1) is 38.1. The van der Waals surface area contributed by atoms with E-state index in [0.29, 0.717) is 17.7 Å². The van der Waals surface area contributed by atoms with Crippen LogP contribution in [0.25, 0.3) is 16.9 Å². The van der Waals surface area contributed by atoms with Gasteiger partial charge in [0.1, 0.15) is 18.5 Å². The summed E-state index contributed by atoms with van der Waals surface area (Å²) in [4.78, 5) is 36.2.